The van der Waals surface area contributed by atoms with Crippen LogP contribution in [0.5, 0.6) is 0 Å². The first-order valence-corrected chi connectivity index (χ1v) is 19.5. The monoisotopic (exact) mass is 725 g/mol. The highest BCUT2D eigenvalue weighted by atomic mass is 32.2. The molecule has 0 radical (unpaired) electrons. The summed E-state index contributed by atoms with van der Waals surface area (Å²) in [6.07, 6.45) is 8.12. The number of sulfonamides is 1. The van der Waals surface area contributed by atoms with Crippen LogP contribution >= 0.6 is 0 Å². The lowest BCUT2D eigenvalue weighted by Crippen LogP contribution is -2.58. The number of nitrogens with zero attached hydrogens (tertiary/aromatic N) is 2. The summed E-state index contributed by atoms with van der Waals surface area (Å²) in [4.78, 5) is 71.0. The second-order valence-corrected chi connectivity index (χ2v) is 16.1. The van der Waals surface area contributed by atoms with Crippen molar-refractivity contribution >= 4 is 46.0 Å². The lowest BCUT2D eigenvalue weighted by atomic mass is 10.0. The summed E-state index contributed by atoms with van der Waals surface area (Å²) in [5, 5.41) is 4.78. The Bertz CT molecular complexity index is 1710. The molecule has 4 bridgehead atoms. The first kappa shape index (κ1) is 36.4. The molecule has 0 spiro atoms. The fraction of sp³-hybridized carbons (Fsp3) is 0.583. The molecule has 15 heteroatoms. The zero-order valence-electron chi connectivity index (χ0n) is 28.9. The first-order chi connectivity index (χ1) is 24.5. The molecule has 3 fully saturated rings. The van der Waals surface area contributed by atoms with Crippen molar-refractivity contribution in [3.63, 3.8) is 0 Å². The number of fused-ring (bicyclic) bond motifs is 3. The van der Waals surface area contributed by atoms with Gasteiger partial charge in [0.15, 0.2) is 0 Å². The molecule has 1 aromatic carbocycles. The number of carbonyl (C=O) groups is 5. The van der Waals surface area contributed by atoms with Crippen LogP contribution in [0.3, 0.4) is 0 Å². The normalized spacial score (nSPS) is 28.3. The largest absolute Gasteiger partial charge is 0.450 e. The minimum Gasteiger partial charge on any atom is -0.450 e. The molecule has 2 aliphatic carbocycles. The highest BCUT2D eigenvalue weighted by Crippen LogP contribution is 2.45. The topological polar surface area (TPSA) is 181 Å². The number of alkyl carbamates (subject to hydrolysis) is 1. The van der Waals surface area contributed by atoms with E-state index >= 15 is 0 Å². The number of hydrogen-bond donors (Lipinski definition) is 3. The van der Waals surface area contributed by atoms with Crippen LogP contribution in [-0.4, -0.2) is 90.3 Å². The van der Waals surface area contributed by atoms with E-state index < -0.39 is 74.8 Å². The van der Waals surface area contributed by atoms with Gasteiger partial charge in [0.1, 0.15) is 23.7 Å². The minimum atomic E-state index is -3.90. The average Bonchev–Trinajstić information content (AvgIpc) is 3.99. The molecular formula is C36H47N5O9S. The molecule has 5 amide bonds. The summed E-state index contributed by atoms with van der Waals surface area (Å²) in [7, 11) is -3.90. The van der Waals surface area contributed by atoms with E-state index in [4.69, 9.17) is 9.47 Å². The lowest BCUT2D eigenvalue weighted by Gasteiger charge is -2.29. The van der Waals surface area contributed by atoms with Gasteiger partial charge >= 0.3 is 12.2 Å². The highest BCUT2D eigenvalue weighted by Gasteiger charge is 2.62. The van der Waals surface area contributed by atoms with Gasteiger partial charge in [-0.2, -0.15) is 0 Å². The van der Waals surface area contributed by atoms with E-state index in [1.807, 2.05) is 31.2 Å². The molecule has 3 aliphatic heterocycles. The zero-order chi connectivity index (χ0) is 36.3. The molecule has 0 unspecified atom stereocenters. The molecule has 2 saturated carbocycles. The Morgan fingerprint density at radius 3 is 2.69 bits per heavy atom. The number of hydrogen-bond acceptors (Lipinski definition) is 9. The maximum absolute atomic E-state index is 14.2. The van der Waals surface area contributed by atoms with E-state index in [9.17, 15) is 32.4 Å². The van der Waals surface area contributed by atoms with Crippen LogP contribution in [0.4, 0.5) is 9.59 Å². The molecule has 51 heavy (non-hydrogen) atoms. The zero-order valence-corrected chi connectivity index (χ0v) is 29.8. The van der Waals surface area contributed by atoms with Gasteiger partial charge in [-0.25, -0.2) is 18.0 Å². The molecule has 5 atom stereocenters. The van der Waals surface area contributed by atoms with Crippen molar-refractivity contribution in [3.8, 4) is 0 Å². The van der Waals surface area contributed by atoms with Gasteiger partial charge in [0.05, 0.1) is 24.9 Å². The number of benzene rings is 1. The molecule has 3 heterocycles. The third-order valence-corrected chi connectivity index (χ3v) is 12.2. The van der Waals surface area contributed by atoms with Crippen molar-refractivity contribution in [3.05, 3.63) is 53.6 Å². The predicted octanol–water partition coefficient (Wildman–Crippen LogP) is 3.26. The van der Waals surface area contributed by atoms with Gasteiger partial charge in [-0.3, -0.25) is 24.0 Å². The number of cyclic esters (lactones) is 1. The van der Waals surface area contributed by atoms with Gasteiger partial charge < -0.3 is 25.0 Å². The Labute approximate surface area is 298 Å². The Morgan fingerprint density at radius 1 is 1.16 bits per heavy atom. The molecule has 3 N–H and O–H groups in total. The molecule has 0 aromatic heterocycles. The van der Waals surface area contributed by atoms with Gasteiger partial charge in [-0.1, -0.05) is 56.2 Å². The molecule has 1 aromatic rings. The van der Waals surface area contributed by atoms with E-state index in [0.29, 0.717) is 38.8 Å². The van der Waals surface area contributed by atoms with Gasteiger partial charge in [-0.05, 0) is 61.6 Å². The summed E-state index contributed by atoms with van der Waals surface area (Å²) in [5.74, 6) is -2.65. The third kappa shape index (κ3) is 8.08. The molecule has 276 valence electrons. The molecule has 6 rings (SSSR count). The van der Waals surface area contributed by atoms with Crippen molar-refractivity contribution in [2.45, 2.75) is 113 Å². The van der Waals surface area contributed by atoms with Crippen LogP contribution in [0, 0.1) is 5.92 Å². The number of unbranched alkanes of at least 4 members (excludes halogenated alkanes) is 1. The highest BCUT2D eigenvalue weighted by molar-refractivity contribution is 7.91. The Balaban J connectivity index is 1.25. The smallest absolute Gasteiger partial charge is 0.410 e. The van der Waals surface area contributed by atoms with Crippen LogP contribution < -0.4 is 15.4 Å². The Kier molecular flexibility index (Phi) is 10.7. The van der Waals surface area contributed by atoms with Crippen molar-refractivity contribution in [1.82, 2.24) is 25.2 Å². The quantitative estimate of drug-likeness (QED) is 0.322. The number of allylic oxidation sites excluding steroid dienone is 1. The minimum absolute atomic E-state index is 0.0696. The number of nitrogens with one attached hydrogen (secondary N) is 3. The van der Waals surface area contributed by atoms with Crippen LogP contribution in [0.2, 0.25) is 0 Å². The van der Waals surface area contributed by atoms with E-state index in [2.05, 4.69) is 28.0 Å². The van der Waals surface area contributed by atoms with Crippen LogP contribution in [0.25, 0.3) is 6.08 Å². The molecule has 14 nitrogen and oxygen atoms in total. The SMILES string of the molecule is C=C[C@@H]1C[C@]1(NC(=O)[C@@H]1C[C@@H]2CN1C(=O)[C@H](CCCC)NC(=O)OCCCCC=Cc1cccc3c1CN(C3)C(=O)O2)C(=O)NS(=O)(=O)C1CC1. The number of ether oxygens (including phenoxy) is 2. The summed E-state index contributed by atoms with van der Waals surface area (Å²) >= 11 is 0. The van der Waals surface area contributed by atoms with Crippen molar-refractivity contribution in [1.29, 1.82) is 0 Å². The average molecular weight is 726 g/mol. The Morgan fingerprint density at radius 2 is 1.96 bits per heavy atom. The lowest BCUT2D eigenvalue weighted by molar-refractivity contribution is -0.141. The molecular weight excluding hydrogens is 678 g/mol. The second kappa shape index (κ2) is 15.1. The summed E-state index contributed by atoms with van der Waals surface area (Å²) in [5.41, 5.74) is 1.46. The molecule has 5 aliphatic rings. The second-order valence-electron chi connectivity index (χ2n) is 14.1. The summed E-state index contributed by atoms with van der Waals surface area (Å²) < 4.78 is 38.7. The fourth-order valence-electron chi connectivity index (χ4n) is 7.13. The van der Waals surface area contributed by atoms with Gasteiger partial charge in [0, 0.05) is 18.9 Å². The first-order valence-electron chi connectivity index (χ1n) is 17.9. The summed E-state index contributed by atoms with van der Waals surface area (Å²) in [6.45, 7) is 6.43. The number of amides is 5. The van der Waals surface area contributed by atoms with Gasteiger partial charge in [-0.15, -0.1) is 6.58 Å². The molecule has 1 saturated heterocycles. The fourth-order valence-corrected chi connectivity index (χ4v) is 8.50. The number of rotatable bonds is 9. The maximum atomic E-state index is 14.2. The van der Waals surface area contributed by atoms with Crippen LogP contribution in [0.15, 0.2) is 36.9 Å². The predicted molar refractivity (Wildman–Crippen MR) is 186 cm³/mol. The third-order valence-electron chi connectivity index (χ3n) is 10.4. The van der Waals surface area contributed by atoms with Crippen molar-refractivity contribution in [2.24, 2.45) is 5.92 Å². The Hall–Kier alpha value is -4.40. The van der Waals surface area contributed by atoms with Crippen molar-refractivity contribution in [2.75, 3.05) is 13.2 Å². The van der Waals surface area contributed by atoms with E-state index in [-0.39, 0.29) is 32.4 Å². The number of carbonyl (C=O) groups excluding carboxylic acids is 5. The van der Waals surface area contributed by atoms with Gasteiger partial charge in [0.25, 0.3) is 5.91 Å². The van der Waals surface area contributed by atoms with Gasteiger partial charge in [0.2, 0.25) is 21.8 Å². The summed E-state index contributed by atoms with van der Waals surface area (Å²) in [6, 6.07) is 3.70. The van der Waals surface area contributed by atoms with E-state index in [1.54, 1.807) is 4.90 Å². The van der Waals surface area contributed by atoms with Crippen LogP contribution in [-0.2, 0) is 47.0 Å². The van der Waals surface area contributed by atoms with E-state index in [1.165, 1.54) is 11.0 Å². The van der Waals surface area contributed by atoms with Crippen LogP contribution in [0.1, 0.15) is 87.8 Å². The standard InChI is InChI=1S/C36H47N5O9S/c1-3-5-14-29-32(43)41-21-26(18-30(41)31(42)38-36(19-25(36)4-2)33(44)39-51(47,48)27-15-16-27)50-35(46)40-20-24-13-10-12-23(28(24)22-40)11-8-6-7-9-17-49-34(45)37-29/h4,8,10-13,25-27,29-30H,2-3,5-7,9,14-22H2,1H3,(H,37,45)(H,38,42)(H,39,44)/t25-,26-,29+,30+,36-/m1/s1. The van der Waals surface area contributed by atoms with Crippen molar-refractivity contribution < 1.29 is 41.9 Å². The van der Waals surface area contributed by atoms with E-state index in [0.717, 1.165) is 36.0 Å². The maximum Gasteiger partial charge on any atom is 0.410 e.